The molecule has 1 saturated heterocycles. The number of amides is 1. The predicted octanol–water partition coefficient (Wildman–Crippen LogP) is 5.28. The van der Waals surface area contributed by atoms with Gasteiger partial charge in [-0.25, -0.2) is 0 Å². The van der Waals surface area contributed by atoms with Gasteiger partial charge in [0.15, 0.2) is 0 Å². The third-order valence-corrected chi connectivity index (χ3v) is 6.77. The van der Waals surface area contributed by atoms with Gasteiger partial charge in [0.05, 0.1) is 31.0 Å². The summed E-state index contributed by atoms with van der Waals surface area (Å²) in [6.45, 7) is 5.18. The van der Waals surface area contributed by atoms with Crippen molar-refractivity contribution in [3.63, 3.8) is 0 Å². The summed E-state index contributed by atoms with van der Waals surface area (Å²) in [6, 6.07) is 8.93. The van der Waals surface area contributed by atoms with E-state index in [0.29, 0.717) is 55.9 Å². The van der Waals surface area contributed by atoms with Gasteiger partial charge in [0.2, 0.25) is 5.91 Å². The number of ether oxygens (including phenoxy) is 3. The Balaban J connectivity index is 1.45. The van der Waals surface area contributed by atoms with Gasteiger partial charge in [-0.3, -0.25) is 4.79 Å². The molecule has 1 fully saturated rings. The summed E-state index contributed by atoms with van der Waals surface area (Å²) in [4.78, 5) is 15.2. The van der Waals surface area contributed by atoms with Gasteiger partial charge in [0, 0.05) is 43.1 Å². The highest BCUT2D eigenvalue weighted by molar-refractivity contribution is 6.05. The van der Waals surface area contributed by atoms with E-state index in [4.69, 9.17) is 14.2 Å². The largest absolute Gasteiger partial charge is 0.490 e. The number of alkyl halides is 3. The molecule has 0 radical (unpaired) electrons. The smallest absolute Gasteiger partial charge is 0.416 e. The second-order valence-electron chi connectivity index (χ2n) is 9.05. The van der Waals surface area contributed by atoms with E-state index in [1.54, 1.807) is 6.07 Å². The number of anilines is 2. The Kier molecular flexibility index (Phi) is 6.13. The van der Waals surface area contributed by atoms with Crippen molar-refractivity contribution in [3.05, 3.63) is 53.6 Å². The maximum Gasteiger partial charge on any atom is 0.416 e. The third-order valence-electron chi connectivity index (χ3n) is 6.77. The molecule has 0 saturated carbocycles. The summed E-state index contributed by atoms with van der Waals surface area (Å²) >= 11 is 0. The Labute approximate surface area is 201 Å². The molecule has 2 aromatic rings. The molecule has 2 aromatic carbocycles. The molecule has 0 bridgehead atoms. The van der Waals surface area contributed by atoms with Crippen LogP contribution in [0.15, 0.2) is 42.5 Å². The fourth-order valence-corrected chi connectivity index (χ4v) is 4.93. The van der Waals surface area contributed by atoms with Gasteiger partial charge in [0.25, 0.3) is 0 Å². The Morgan fingerprint density at radius 2 is 1.91 bits per heavy atom. The number of hydrogen-bond acceptors (Lipinski definition) is 5. The van der Waals surface area contributed by atoms with Gasteiger partial charge in [0.1, 0.15) is 23.7 Å². The highest BCUT2D eigenvalue weighted by atomic mass is 19.4. The number of carbonyl (C=O) groups excluding carboxylic acids is 1. The van der Waals surface area contributed by atoms with Crippen LogP contribution in [0.4, 0.5) is 24.5 Å². The molecule has 0 unspecified atom stereocenters. The fraction of sp³-hybridized carbons (Fsp3) is 0.423. The lowest BCUT2D eigenvalue weighted by Crippen LogP contribution is -2.44. The van der Waals surface area contributed by atoms with Crippen LogP contribution in [0.3, 0.4) is 0 Å². The number of likely N-dealkylation sites (N-methyl/N-ethyl adjacent to an activating group) is 1. The van der Waals surface area contributed by atoms with Crippen LogP contribution in [0.5, 0.6) is 11.5 Å². The minimum atomic E-state index is -4.48. The first-order valence-electron chi connectivity index (χ1n) is 11.8. The van der Waals surface area contributed by atoms with Crippen molar-refractivity contribution in [2.75, 3.05) is 43.1 Å². The average molecular weight is 489 g/mol. The van der Waals surface area contributed by atoms with E-state index in [9.17, 15) is 18.0 Å². The maximum absolute atomic E-state index is 13.3. The molecule has 0 aromatic heterocycles. The SMILES string of the molecule is CCN1CCOc2ccc(NC(=O)/C=C3\CC4(CCOCC4)Oc4cc(C(F)(F)F)ccc43)cc21. The lowest BCUT2D eigenvalue weighted by atomic mass is 9.81. The topological polar surface area (TPSA) is 60.0 Å². The summed E-state index contributed by atoms with van der Waals surface area (Å²) < 4.78 is 57.3. The van der Waals surface area contributed by atoms with Crippen molar-refractivity contribution in [2.45, 2.75) is 38.0 Å². The maximum atomic E-state index is 13.3. The molecule has 3 aliphatic rings. The van der Waals surface area contributed by atoms with Crippen molar-refractivity contribution in [1.29, 1.82) is 0 Å². The van der Waals surface area contributed by atoms with E-state index in [-0.39, 0.29) is 11.7 Å². The zero-order chi connectivity index (χ0) is 24.6. The molecule has 3 heterocycles. The van der Waals surface area contributed by atoms with Crippen molar-refractivity contribution in [1.82, 2.24) is 0 Å². The molecule has 3 aliphatic heterocycles. The average Bonchev–Trinajstić information content (AvgIpc) is 2.83. The van der Waals surface area contributed by atoms with E-state index in [1.165, 1.54) is 12.1 Å². The highest BCUT2D eigenvalue weighted by Crippen LogP contribution is 2.46. The van der Waals surface area contributed by atoms with E-state index in [2.05, 4.69) is 17.1 Å². The van der Waals surface area contributed by atoms with Crippen LogP contribution in [-0.4, -0.2) is 44.4 Å². The molecule has 1 amide bonds. The second-order valence-corrected chi connectivity index (χ2v) is 9.05. The molecule has 0 atom stereocenters. The summed E-state index contributed by atoms with van der Waals surface area (Å²) in [6.07, 6.45) is -1.51. The van der Waals surface area contributed by atoms with E-state index in [0.717, 1.165) is 36.7 Å². The van der Waals surface area contributed by atoms with Crippen LogP contribution >= 0.6 is 0 Å². The third kappa shape index (κ3) is 4.82. The first kappa shape index (κ1) is 23.5. The molecule has 0 aliphatic carbocycles. The lowest BCUT2D eigenvalue weighted by Gasteiger charge is -2.42. The van der Waals surface area contributed by atoms with Crippen molar-refractivity contribution < 1.29 is 32.2 Å². The van der Waals surface area contributed by atoms with Gasteiger partial charge in [-0.1, -0.05) is 6.07 Å². The number of nitrogens with zero attached hydrogens (tertiary/aromatic N) is 1. The quantitative estimate of drug-likeness (QED) is 0.596. The van der Waals surface area contributed by atoms with Gasteiger partial charge in [-0.2, -0.15) is 13.2 Å². The fourth-order valence-electron chi connectivity index (χ4n) is 4.93. The van der Waals surface area contributed by atoms with E-state index >= 15 is 0 Å². The minimum Gasteiger partial charge on any atom is -0.490 e. The monoisotopic (exact) mass is 488 g/mol. The van der Waals surface area contributed by atoms with E-state index in [1.807, 2.05) is 12.1 Å². The number of rotatable bonds is 3. The summed E-state index contributed by atoms with van der Waals surface area (Å²) in [5.74, 6) is 0.570. The molecular formula is C26H27F3N2O4. The van der Waals surface area contributed by atoms with Gasteiger partial charge < -0.3 is 24.4 Å². The Bertz CT molecular complexity index is 1160. The zero-order valence-corrected chi connectivity index (χ0v) is 19.4. The second kappa shape index (κ2) is 9.11. The lowest BCUT2D eigenvalue weighted by molar-refractivity contribution is -0.138. The molecule has 9 heteroatoms. The minimum absolute atomic E-state index is 0.150. The summed E-state index contributed by atoms with van der Waals surface area (Å²) in [5.41, 5.74) is 1.22. The molecule has 1 N–H and O–H groups in total. The number of halogens is 3. The van der Waals surface area contributed by atoms with Crippen molar-refractivity contribution >= 4 is 22.9 Å². The zero-order valence-electron chi connectivity index (χ0n) is 19.4. The Hall–Kier alpha value is -3.20. The van der Waals surface area contributed by atoms with Gasteiger partial charge in [-0.15, -0.1) is 0 Å². The standard InChI is InChI=1S/C26H27F3N2O4/c1-2-31-9-12-34-22-6-4-19(15-21(22)31)30-24(32)13-17-16-25(7-10-33-11-8-25)35-23-14-18(26(27,28)29)3-5-20(17)23/h3-6,13-15H,2,7-12,16H2,1H3,(H,30,32)/b17-13+. The van der Waals surface area contributed by atoms with Crippen LogP contribution < -0.4 is 19.7 Å². The molecular weight excluding hydrogens is 461 g/mol. The normalized spacial score (nSPS) is 20.0. The van der Waals surface area contributed by atoms with Gasteiger partial charge >= 0.3 is 6.18 Å². The van der Waals surface area contributed by atoms with Crippen LogP contribution in [0.2, 0.25) is 0 Å². The van der Waals surface area contributed by atoms with Crippen LogP contribution in [-0.2, 0) is 15.7 Å². The number of nitrogens with one attached hydrogen (secondary N) is 1. The molecule has 5 rings (SSSR count). The Morgan fingerprint density at radius 1 is 1.11 bits per heavy atom. The first-order chi connectivity index (χ1) is 16.8. The van der Waals surface area contributed by atoms with E-state index < -0.39 is 17.3 Å². The van der Waals surface area contributed by atoms with Crippen LogP contribution in [0.25, 0.3) is 5.57 Å². The number of benzene rings is 2. The summed E-state index contributed by atoms with van der Waals surface area (Å²) in [5, 5.41) is 2.90. The van der Waals surface area contributed by atoms with Gasteiger partial charge in [-0.05, 0) is 42.8 Å². The number of carbonyl (C=O) groups is 1. The number of fused-ring (bicyclic) bond motifs is 2. The number of hydrogen-bond donors (Lipinski definition) is 1. The van der Waals surface area contributed by atoms with Crippen LogP contribution in [0.1, 0.15) is 37.3 Å². The van der Waals surface area contributed by atoms with Crippen molar-refractivity contribution in [3.8, 4) is 11.5 Å². The van der Waals surface area contributed by atoms with Crippen LogP contribution in [0, 0.1) is 0 Å². The molecule has 35 heavy (non-hydrogen) atoms. The molecule has 1 spiro atoms. The molecule has 186 valence electrons. The summed E-state index contributed by atoms with van der Waals surface area (Å²) in [7, 11) is 0. The van der Waals surface area contributed by atoms with Crippen molar-refractivity contribution in [2.24, 2.45) is 0 Å². The molecule has 6 nitrogen and oxygen atoms in total. The Morgan fingerprint density at radius 3 is 2.66 bits per heavy atom. The highest BCUT2D eigenvalue weighted by Gasteiger charge is 2.41. The first-order valence-corrected chi connectivity index (χ1v) is 11.8. The predicted molar refractivity (Wildman–Crippen MR) is 126 cm³/mol.